The average molecular weight is 746 g/mol. The third-order valence-corrected chi connectivity index (χ3v) is 8.10. The highest BCUT2D eigenvalue weighted by Crippen LogP contribution is 2.43. The number of fused-ring (bicyclic) bond motifs is 1. The molecule has 0 atom stereocenters. The van der Waals surface area contributed by atoms with Crippen LogP contribution in [0.4, 0.5) is 0 Å². The maximum Gasteiger partial charge on any atom is 0.347 e. The van der Waals surface area contributed by atoms with Gasteiger partial charge in [-0.25, -0.2) is 10.2 Å². The summed E-state index contributed by atoms with van der Waals surface area (Å²) in [5.74, 6) is -0.156. The lowest BCUT2D eigenvalue weighted by molar-refractivity contribution is 0.0730. The number of H-pyrrole nitrogens is 1. The van der Waals surface area contributed by atoms with Gasteiger partial charge in [-0.3, -0.25) is 4.79 Å². The Hall–Kier alpha value is -3.83. The van der Waals surface area contributed by atoms with Gasteiger partial charge in [-0.05, 0) is 54.6 Å². The van der Waals surface area contributed by atoms with Crippen molar-refractivity contribution in [3.05, 3.63) is 109 Å². The first-order chi connectivity index (χ1) is 20.7. The number of halogens is 4. The van der Waals surface area contributed by atoms with Gasteiger partial charge in [0.05, 0.1) is 26.0 Å². The van der Waals surface area contributed by atoms with Crippen molar-refractivity contribution in [3.63, 3.8) is 0 Å². The van der Waals surface area contributed by atoms with Gasteiger partial charge >= 0.3 is 5.97 Å². The summed E-state index contributed by atoms with van der Waals surface area (Å²) in [5.41, 5.74) is 5.18. The van der Waals surface area contributed by atoms with E-state index >= 15 is 0 Å². The number of esters is 1. The third-order valence-electron chi connectivity index (χ3n) is 6.38. The number of carbonyl (C=O) groups is 2. The Kier molecular flexibility index (Phi) is 9.41. The predicted octanol–water partition coefficient (Wildman–Crippen LogP) is 8.67. The highest BCUT2D eigenvalue weighted by molar-refractivity contribution is 9.11. The normalized spacial score (nSPS) is 11.1. The number of hydrogen-bond acceptors (Lipinski definition) is 6. The molecule has 1 amide bonds. The second-order valence-electron chi connectivity index (χ2n) is 8.97. The Bertz CT molecular complexity index is 1910. The maximum atomic E-state index is 13.6. The van der Waals surface area contributed by atoms with Crippen LogP contribution < -0.4 is 19.6 Å². The van der Waals surface area contributed by atoms with Crippen molar-refractivity contribution < 1.29 is 23.8 Å². The Morgan fingerprint density at radius 2 is 1.63 bits per heavy atom. The third kappa shape index (κ3) is 6.42. The topological polar surface area (TPSA) is 102 Å². The fraction of sp³-hybridized carbons (Fsp3) is 0.0645. The first-order valence-electron chi connectivity index (χ1n) is 12.5. The number of amides is 1. The quantitative estimate of drug-likeness (QED) is 0.0717. The second-order valence-corrected chi connectivity index (χ2v) is 11.6. The zero-order valence-electron chi connectivity index (χ0n) is 22.5. The molecule has 5 rings (SSSR count). The van der Waals surface area contributed by atoms with Crippen LogP contribution in [0, 0.1) is 0 Å². The van der Waals surface area contributed by atoms with E-state index in [4.69, 9.17) is 37.4 Å². The fourth-order valence-electron chi connectivity index (χ4n) is 4.44. The molecule has 12 heteroatoms. The number of aromatic nitrogens is 1. The van der Waals surface area contributed by atoms with E-state index in [0.717, 1.165) is 9.86 Å². The van der Waals surface area contributed by atoms with Crippen molar-refractivity contribution in [3.8, 4) is 28.4 Å². The van der Waals surface area contributed by atoms with Crippen LogP contribution in [0.1, 0.15) is 26.4 Å². The highest BCUT2D eigenvalue weighted by atomic mass is 79.9. The number of hydrogen-bond donors (Lipinski definition) is 2. The van der Waals surface area contributed by atoms with Crippen LogP contribution in [0.5, 0.6) is 17.2 Å². The van der Waals surface area contributed by atoms with Crippen molar-refractivity contribution in [2.45, 2.75) is 0 Å². The molecule has 0 aliphatic carbocycles. The van der Waals surface area contributed by atoms with Gasteiger partial charge in [-0.1, -0.05) is 73.3 Å². The summed E-state index contributed by atoms with van der Waals surface area (Å²) in [5, 5.41) is 5.70. The lowest BCUT2D eigenvalue weighted by Crippen LogP contribution is -2.19. The molecule has 0 unspecified atom stereocenters. The lowest BCUT2D eigenvalue weighted by atomic mass is 10.0. The number of hydrazone groups is 1. The molecule has 0 aliphatic rings. The van der Waals surface area contributed by atoms with E-state index in [2.05, 4.69) is 47.4 Å². The monoisotopic (exact) mass is 743 g/mol. The first-order valence-corrected chi connectivity index (χ1v) is 14.9. The minimum absolute atomic E-state index is 0.154. The molecule has 0 radical (unpaired) electrons. The van der Waals surface area contributed by atoms with Crippen LogP contribution in [-0.2, 0) is 0 Å². The first kappa shape index (κ1) is 30.6. The van der Waals surface area contributed by atoms with Gasteiger partial charge in [0.1, 0.15) is 28.5 Å². The van der Waals surface area contributed by atoms with Gasteiger partial charge < -0.3 is 19.2 Å². The Balaban J connectivity index is 1.47. The van der Waals surface area contributed by atoms with Crippen molar-refractivity contribution in [1.82, 2.24) is 10.4 Å². The standard InChI is InChI=1S/C31H21Br2Cl2N3O5/c1-41-24-11-8-18(34)14-20(24)31(40)43-23-10-7-17(32)13-16(23)15-36-38-30(39)29-26(19-5-3-4-6-22(19)35)27-21(33)9-12-25(42-2)28(27)37-29/h3-15,37H,1-2H3,(H,38,39). The summed E-state index contributed by atoms with van der Waals surface area (Å²) in [7, 11) is 2.99. The molecular formula is C31H21Br2Cl2N3O5. The molecule has 218 valence electrons. The Morgan fingerprint density at radius 1 is 0.907 bits per heavy atom. The van der Waals surface area contributed by atoms with Gasteiger partial charge in [0.2, 0.25) is 0 Å². The molecule has 0 saturated heterocycles. The second kappa shape index (κ2) is 13.2. The number of methoxy groups -OCH3 is 2. The van der Waals surface area contributed by atoms with E-state index in [1.54, 1.807) is 49.6 Å². The summed E-state index contributed by atoms with van der Waals surface area (Å²) in [6, 6.07) is 20.5. The summed E-state index contributed by atoms with van der Waals surface area (Å²) >= 11 is 19.7. The van der Waals surface area contributed by atoms with E-state index in [-0.39, 0.29) is 17.0 Å². The van der Waals surface area contributed by atoms with Gasteiger partial charge in [0.15, 0.2) is 0 Å². The molecule has 8 nitrogen and oxygen atoms in total. The van der Waals surface area contributed by atoms with E-state index < -0.39 is 11.9 Å². The van der Waals surface area contributed by atoms with Crippen molar-refractivity contribution in [1.29, 1.82) is 0 Å². The molecule has 43 heavy (non-hydrogen) atoms. The molecule has 5 aromatic rings. The number of carbonyl (C=O) groups excluding carboxylic acids is 2. The van der Waals surface area contributed by atoms with E-state index in [9.17, 15) is 9.59 Å². The minimum Gasteiger partial charge on any atom is -0.496 e. The number of nitrogens with one attached hydrogen (secondary N) is 2. The molecule has 2 N–H and O–H groups in total. The smallest absolute Gasteiger partial charge is 0.347 e. The molecule has 0 saturated carbocycles. The highest BCUT2D eigenvalue weighted by Gasteiger charge is 2.24. The summed E-state index contributed by atoms with van der Waals surface area (Å²) in [4.78, 5) is 29.7. The summed E-state index contributed by atoms with van der Waals surface area (Å²) < 4.78 is 17.9. The number of ether oxygens (including phenoxy) is 3. The SMILES string of the molecule is COc1ccc(Cl)cc1C(=O)Oc1ccc(Br)cc1C=NNC(=O)c1[nH]c2c(OC)ccc(Br)c2c1-c1ccccc1Cl. The largest absolute Gasteiger partial charge is 0.496 e. The molecule has 0 aliphatic heterocycles. The average Bonchev–Trinajstić information content (AvgIpc) is 3.40. The molecule has 1 heterocycles. The number of nitrogens with zero attached hydrogens (tertiary/aromatic N) is 1. The minimum atomic E-state index is -0.678. The number of aromatic amines is 1. The van der Waals surface area contributed by atoms with Gasteiger partial charge in [-0.2, -0.15) is 5.10 Å². The van der Waals surface area contributed by atoms with Crippen molar-refractivity contribution in [2.75, 3.05) is 14.2 Å². The zero-order chi connectivity index (χ0) is 30.7. The van der Waals surface area contributed by atoms with Gasteiger partial charge in [0.25, 0.3) is 5.91 Å². The van der Waals surface area contributed by atoms with Crippen LogP contribution in [0.15, 0.2) is 86.8 Å². The van der Waals surface area contributed by atoms with Crippen LogP contribution >= 0.6 is 55.1 Å². The van der Waals surface area contributed by atoms with Crippen LogP contribution in [0.3, 0.4) is 0 Å². The van der Waals surface area contributed by atoms with E-state index in [0.29, 0.717) is 48.2 Å². The van der Waals surface area contributed by atoms with E-state index in [1.165, 1.54) is 19.4 Å². The zero-order valence-corrected chi connectivity index (χ0v) is 27.2. The van der Waals surface area contributed by atoms with E-state index in [1.807, 2.05) is 24.3 Å². The van der Waals surface area contributed by atoms with Crippen LogP contribution in [0.25, 0.3) is 22.0 Å². The molecular weight excluding hydrogens is 725 g/mol. The number of rotatable bonds is 8. The van der Waals surface area contributed by atoms with Gasteiger partial charge in [-0.15, -0.1) is 0 Å². The molecule has 0 fully saturated rings. The summed E-state index contributed by atoms with van der Waals surface area (Å²) in [6.45, 7) is 0. The lowest BCUT2D eigenvalue weighted by Gasteiger charge is -2.11. The van der Waals surface area contributed by atoms with Crippen molar-refractivity contribution in [2.24, 2.45) is 5.10 Å². The number of benzene rings is 4. The Morgan fingerprint density at radius 3 is 2.37 bits per heavy atom. The molecule has 4 aromatic carbocycles. The fourth-order valence-corrected chi connectivity index (χ4v) is 5.75. The van der Waals surface area contributed by atoms with Crippen molar-refractivity contribution >= 4 is 84.1 Å². The molecule has 0 spiro atoms. The van der Waals surface area contributed by atoms with Crippen LogP contribution in [-0.4, -0.2) is 37.3 Å². The van der Waals surface area contributed by atoms with Gasteiger partial charge in [0, 0.05) is 41.1 Å². The Labute approximate surface area is 273 Å². The van der Waals surface area contributed by atoms with Crippen LogP contribution in [0.2, 0.25) is 10.0 Å². The maximum absolute atomic E-state index is 13.6. The molecule has 1 aromatic heterocycles. The predicted molar refractivity (Wildman–Crippen MR) is 175 cm³/mol. The molecule has 0 bridgehead atoms. The summed E-state index contributed by atoms with van der Waals surface area (Å²) in [6.07, 6.45) is 1.37.